The fourth-order valence-corrected chi connectivity index (χ4v) is 455. The average Bonchev–Trinajstić information content (AvgIpc) is 0.815. The van der Waals surface area contributed by atoms with E-state index in [0.29, 0.717) is 13.1 Å². The van der Waals surface area contributed by atoms with E-state index in [1.807, 2.05) is 0 Å². The SMILES string of the molecule is COC(=O)C(C)(C)C(=O)OCCC[Si](C)(O[Si](C)O[Si](=O)[Si](=O)[Si](=O)[Si](=O)[Si](=O)[Si](=O)[Si](=O)[Si](=O)[Si](=O)[Si](=O)[Si](=O)[Si](=O)[Si](=O)[Si](=O)[Si](=O)[Si](=O)[Si](=O)[Si](=O)[Si](C)(C)O[Si](=O)[Si](=O)[Si](=O)[Si](=O)[Si](=O)[Si](=O)[Si](=O)[Si](=O)[Si](=O)[Si](=O)[Si](=O)[Si](=O)[Si](=O)[Si](=O)[Si](=O)[Si](=O)[Si](=O)[Si](=O)[Si](=O)[Si](C)(C)C)O[Si](C)(C)C. The number of esters is 2. The Labute approximate surface area is 645 Å². The lowest BCUT2D eigenvalue weighted by Gasteiger charge is -2.35. The van der Waals surface area contributed by atoms with Crippen molar-refractivity contribution in [3.63, 3.8) is 0 Å². The van der Waals surface area contributed by atoms with Gasteiger partial charge in [0.1, 0.15) is 7.59 Å². The van der Waals surface area contributed by atoms with Crippen molar-refractivity contribution in [3.8, 4) is 0 Å². The van der Waals surface area contributed by atoms with Crippen LogP contribution in [0, 0.1) is 5.41 Å². The molecule has 1 radical (unpaired) electrons. The number of methoxy groups -OCH3 is 1. The summed E-state index contributed by atoms with van der Waals surface area (Å²) >= 11 is 0. The van der Waals surface area contributed by atoms with Gasteiger partial charge in [0.15, 0.2) is 13.7 Å². The van der Waals surface area contributed by atoms with E-state index >= 15 is 0 Å². The topological polar surface area (TPSA) is 721 Å². The minimum absolute atomic E-state index is 0.0818. The standard InChI is InChI=1S/C19H45O45Si42/c1-19(2,17(20)59-3)18(21)60-15-14-16-106(13,64-103(5,6)7)62-65(4)61-66(22)68(24)70(26)72(28)74(30)76(32)78(34)80(36)82(38)85(41)88(44)90(46)92(48)94(50)96(52)98(54)100(56)102(58)105(11,12)63-67(23)69(25)71(27)73(29)75(31)77(33)79(35)81(37)83(39)84(40)86(42)87(43)89(45)91(47)93(49)95(51)97(53)99(55)101(57)104(8,9)10/h14-16H2,1-13H3. The van der Waals surface area contributed by atoms with Crippen LogP contribution in [0.1, 0.15) is 20.3 Å². The molecular formula is C19H45O45Si42. The highest BCUT2D eigenvalue weighted by Gasteiger charge is 2.61. The predicted octanol–water partition coefficient (Wildman–Crippen LogP) is -13.7. The van der Waals surface area contributed by atoms with E-state index in [1.165, 1.54) is 40.0 Å². The molecule has 0 aromatic carbocycles. The molecule has 0 aliphatic carbocycles. The highest BCUT2D eigenvalue weighted by atomic mass is 30.1. The Morgan fingerprint density at radius 2 is 0.528 bits per heavy atom. The maximum Gasteiger partial charge on any atom is 0.533 e. The quantitative estimate of drug-likeness (QED) is 0.0236. The van der Waals surface area contributed by atoms with Crippen LogP contribution in [0.25, 0.3) is 0 Å². The van der Waals surface area contributed by atoms with Gasteiger partial charge < -0.3 is 191 Å². The second kappa shape index (κ2) is 45.0. The molecule has 0 rings (SSSR count). The number of hydrogen-bond donors (Lipinski definition) is 0. The fourth-order valence-electron chi connectivity index (χ4n) is 6.67. The van der Waals surface area contributed by atoms with Gasteiger partial charge in [0, 0.05) is 0 Å². The van der Waals surface area contributed by atoms with Gasteiger partial charge in [-0.05, 0) is 72.1 Å². The van der Waals surface area contributed by atoms with Crippen LogP contribution in [-0.2, 0) is 201 Å². The number of hydrogen-bond acceptors (Lipinski definition) is 45. The van der Waals surface area contributed by atoms with Crippen molar-refractivity contribution in [1.29, 1.82) is 0 Å². The predicted molar refractivity (Wildman–Crippen MR) is 376 cm³/mol. The molecule has 0 heterocycles. The Morgan fingerprint density at radius 3 is 0.764 bits per heavy atom. The van der Waals surface area contributed by atoms with Crippen LogP contribution in [0.2, 0.25) is 71.5 Å². The second-order valence-electron chi connectivity index (χ2n) is 23.4. The molecule has 87 heteroatoms. The minimum atomic E-state index is -4.76. The molecule has 1 unspecified atom stereocenters. The van der Waals surface area contributed by atoms with E-state index in [-0.39, 0.29) is 19.1 Å². The second-order valence-corrected chi connectivity index (χ2v) is 225. The maximum atomic E-state index is 13.4. The van der Waals surface area contributed by atoms with Crippen LogP contribution >= 0.6 is 0 Å². The highest BCUT2D eigenvalue weighted by molar-refractivity contribution is 7.85. The summed E-state index contributed by atoms with van der Waals surface area (Å²) < 4.78 is 511. The first kappa shape index (κ1) is 106. The van der Waals surface area contributed by atoms with E-state index in [0.717, 1.165) is 7.11 Å². The minimum Gasteiger partial charge on any atom is -0.575 e. The van der Waals surface area contributed by atoms with Crippen LogP contribution in [0.3, 0.4) is 0 Å². The Kier molecular flexibility index (Phi) is 45.1. The summed E-state index contributed by atoms with van der Waals surface area (Å²) in [6.07, 6.45) is 0.0884. The molecule has 0 amide bonds. The Morgan fingerprint density at radius 1 is 0.302 bits per heavy atom. The van der Waals surface area contributed by atoms with Crippen LogP contribution in [-0.4, -0.2) is 354 Å². The summed E-state index contributed by atoms with van der Waals surface area (Å²) in [6.45, 7) is 16.1. The third kappa shape index (κ3) is 29.4. The fraction of sp³-hybridized carbons (Fsp3) is 0.895. The van der Waals surface area contributed by atoms with Gasteiger partial charge >= 0.3 is 317 Å². The lowest BCUT2D eigenvalue weighted by atomic mass is 9.94. The summed E-state index contributed by atoms with van der Waals surface area (Å²) in [5.41, 5.74) is -1.66. The molecule has 0 bridgehead atoms. The molecule has 559 valence electrons. The zero-order valence-corrected chi connectivity index (χ0v) is 98.0. The highest BCUT2D eigenvalue weighted by Crippen LogP contribution is 2.24. The van der Waals surface area contributed by atoms with E-state index in [9.17, 15) is 175 Å². The van der Waals surface area contributed by atoms with E-state index < -0.39 is 346 Å². The molecule has 0 aliphatic heterocycles. The smallest absolute Gasteiger partial charge is 0.533 e. The monoisotopic (exact) mass is 2170 g/mol. The molecule has 0 aromatic rings. The zero-order chi connectivity index (χ0) is 84.0. The van der Waals surface area contributed by atoms with Crippen molar-refractivity contribution in [2.24, 2.45) is 5.41 Å². The van der Waals surface area contributed by atoms with Crippen molar-refractivity contribution < 1.29 is 201 Å². The van der Waals surface area contributed by atoms with Crippen molar-refractivity contribution in [2.75, 3.05) is 13.7 Å². The van der Waals surface area contributed by atoms with Gasteiger partial charge in [-0.25, -0.2) is 0 Å². The number of carbonyl (C=O) groups excluding carboxylic acids is 2. The van der Waals surface area contributed by atoms with Gasteiger partial charge in [-0.2, -0.15) is 0 Å². The normalized spacial score (nSPS) is 11.6. The summed E-state index contributed by atoms with van der Waals surface area (Å²) in [7, 11) is -182. The van der Waals surface area contributed by atoms with Crippen molar-refractivity contribution in [3.05, 3.63) is 0 Å². The molecule has 0 aliphatic rings. The van der Waals surface area contributed by atoms with E-state index in [4.69, 9.17) is 21.2 Å². The molecule has 0 fully saturated rings. The summed E-state index contributed by atoms with van der Waals surface area (Å²) in [5.74, 6) is -1.79. The summed E-state index contributed by atoms with van der Waals surface area (Å²) in [6, 6.07) is 0.0818. The maximum absolute atomic E-state index is 13.4. The lowest BCUT2D eigenvalue weighted by Crippen LogP contribution is -2.59. The van der Waals surface area contributed by atoms with E-state index in [2.05, 4.69) is 4.74 Å². The molecule has 0 saturated carbocycles. The molecule has 0 spiro atoms. The Balaban J connectivity index is 5.99. The molecule has 0 saturated heterocycles. The van der Waals surface area contributed by atoms with Crippen molar-refractivity contribution in [1.82, 2.24) is 0 Å². The van der Waals surface area contributed by atoms with Gasteiger partial charge in [-0.3, -0.25) is 9.59 Å². The van der Waals surface area contributed by atoms with Crippen LogP contribution < -0.4 is 0 Å². The first-order valence-electron chi connectivity index (χ1n) is 27.8. The van der Waals surface area contributed by atoms with Crippen molar-refractivity contribution >= 4 is 341 Å². The number of ether oxygens (including phenoxy) is 2. The molecule has 1 atom stereocenters. The Bertz CT molecular complexity index is 4450. The van der Waals surface area contributed by atoms with Gasteiger partial charge in [-0.1, -0.05) is 19.6 Å². The number of rotatable bonds is 51. The average molecular weight is 2170 g/mol. The lowest BCUT2D eigenvalue weighted by molar-refractivity contribution is -0.168. The van der Waals surface area contributed by atoms with Gasteiger partial charge in [0.05, 0.1) is 13.7 Å². The molecular weight excluding hydrogens is 2130 g/mol. The molecule has 0 aromatic heterocycles. The van der Waals surface area contributed by atoms with Crippen LogP contribution in [0.4, 0.5) is 0 Å². The van der Waals surface area contributed by atoms with Crippen LogP contribution in [0.5, 0.6) is 0 Å². The third-order valence-electron chi connectivity index (χ3n) is 12.1. The largest absolute Gasteiger partial charge is 0.575 e. The van der Waals surface area contributed by atoms with Crippen molar-refractivity contribution in [2.45, 2.75) is 91.8 Å². The van der Waals surface area contributed by atoms with Gasteiger partial charge in [0.2, 0.25) is 0 Å². The van der Waals surface area contributed by atoms with Gasteiger partial charge in [0.25, 0.3) is 7.83 Å². The van der Waals surface area contributed by atoms with Crippen LogP contribution in [0.15, 0.2) is 0 Å². The molecule has 106 heavy (non-hydrogen) atoms. The molecule has 45 nitrogen and oxygen atoms in total. The Hall–Kier alpha value is 0.169. The van der Waals surface area contributed by atoms with E-state index in [1.54, 1.807) is 26.2 Å². The first-order valence-corrected chi connectivity index (χ1v) is 131. The third-order valence-corrected chi connectivity index (χ3v) is 320. The summed E-state index contributed by atoms with van der Waals surface area (Å²) in [5, 5.41) is 0. The first-order chi connectivity index (χ1) is 47.8. The molecule has 0 N–H and O–H groups in total. The zero-order valence-electron chi connectivity index (χ0n) is 56.0. The number of carbonyl (C=O) groups is 2. The summed E-state index contributed by atoms with van der Waals surface area (Å²) in [4.78, 5) is 24.5. The van der Waals surface area contributed by atoms with Gasteiger partial charge in [-0.15, -0.1) is 0 Å².